The molecular formula is C18H18FNO5. The number of anilines is 1. The zero-order valence-electron chi connectivity index (χ0n) is 14.0. The lowest BCUT2D eigenvalue weighted by atomic mass is 10.2. The maximum atomic E-state index is 12.9. The van der Waals surface area contributed by atoms with Gasteiger partial charge in [0.25, 0.3) is 5.91 Å². The summed E-state index contributed by atoms with van der Waals surface area (Å²) in [6, 6.07) is 9.83. The van der Waals surface area contributed by atoms with Gasteiger partial charge in [0.05, 0.1) is 19.8 Å². The summed E-state index contributed by atoms with van der Waals surface area (Å²) >= 11 is 0. The number of halogens is 1. The molecule has 2 aromatic carbocycles. The van der Waals surface area contributed by atoms with E-state index in [0.29, 0.717) is 17.2 Å². The van der Waals surface area contributed by atoms with Crippen LogP contribution in [0.3, 0.4) is 0 Å². The predicted octanol–water partition coefficient (Wildman–Crippen LogP) is 3.03. The van der Waals surface area contributed by atoms with Crippen LogP contribution in [0.15, 0.2) is 42.5 Å². The van der Waals surface area contributed by atoms with Crippen molar-refractivity contribution in [1.29, 1.82) is 0 Å². The van der Waals surface area contributed by atoms with Gasteiger partial charge in [-0.15, -0.1) is 0 Å². The highest BCUT2D eigenvalue weighted by Crippen LogP contribution is 2.23. The topological polar surface area (TPSA) is 73.9 Å². The Balaban J connectivity index is 2.03. The zero-order valence-corrected chi connectivity index (χ0v) is 14.0. The zero-order chi connectivity index (χ0) is 18.4. The van der Waals surface area contributed by atoms with Crippen LogP contribution < -0.4 is 14.8 Å². The smallest absolute Gasteiger partial charge is 0.339 e. The van der Waals surface area contributed by atoms with Crippen LogP contribution in [-0.2, 0) is 9.53 Å². The summed E-state index contributed by atoms with van der Waals surface area (Å²) in [7, 11) is 2.92. The fraction of sp³-hybridized carbons (Fsp3) is 0.222. The SMILES string of the molecule is COc1cc(OC)cc(C(=O)O[C@H](C)C(=O)Nc2ccc(F)cc2)c1. The number of hydrogen-bond donors (Lipinski definition) is 1. The van der Waals surface area contributed by atoms with Gasteiger partial charge in [-0.25, -0.2) is 9.18 Å². The highest BCUT2D eigenvalue weighted by Gasteiger charge is 2.20. The first-order chi connectivity index (χ1) is 11.9. The van der Waals surface area contributed by atoms with E-state index in [9.17, 15) is 14.0 Å². The van der Waals surface area contributed by atoms with Crippen molar-refractivity contribution in [2.75, 3.05) is 19.5 Å². The number of esters is 1. The Morgan fingerprint density at radius 1 is 1.00 bits per heavy atom. The highest BCUT2D eigenvalue weighted by molar-refractivity contribution is 5.97. The molecule has 0 saturated carbocycles. The van der Waals surface area contributed by atoms with E-state index in [2.05, 4.69) is 5.32 Å². The van der Waals surface area contributed by atoms with Crippen molar-refractivity contribution in [3.8, 4) is 11.5 Å². The molecule has 132 valence electrons. The second-order valence-electron chi connectivity index (χ2n) is 5.15. The van der Waals surface area contributed by atoms with Crippen LogP contribution in [0.4, 0.5) is 10.1 Å². The lowest BCUT2D eigenvalue weighted by Gasteiger charge is -2.14. The molecule has 0 radical (unpaired) electrons. The van der Waals surface area contributed by atoms with E-state index in [1.807, 2.05) is 0 Å². The lowest BCUT2D eigenvalue weighted by molar-refractivity contribution is -0.123. The summed E-state index contributed by atoms with van der Waals surface area (Å²) in [6.07, 6.45) is -1.05. The van der Waals surface area contributed by atoms with E-state index in [4.69, 9.17) is 14.2 Å². The van der Waals surface area contributed by atoms with Crippen molar-refractivity contribution < 1.29 is 28.2 Å². The number of nitrogens with one attached hydrogen (secondary N) is 1. The number of benzene rings is 2. The van der Waals surface area contributed by atoms with Gasteiger partial charge in [0.1, 0.15) is 17.3 Å². The molecule has 25 heavy (non-hydrogen) atoms. The number of rotatable bonds is 6. The minimum absolute atomic E-state index is 0.192. The van der Waals surface area contributed by atoms with Crippen molar-refractivity contribution in [1.82, 2.24) is 0 Å². The molecule has 2 rings (SSSR count). The fourth-order valence-electron chi connectivity index (χ4n) is 1.98. The number of carbonyl (C=O) groups excluding carboxylic acids is 2. The normalized spacial score (nSPS) is 11.4. The lowest BCUT2D eigenvalue weighted by Crippen LogP contribution is -2.30. The summed E-state index contributed by atoms with van der Waals surface area (Å²) < 4.78 is 28.2. The van der Waals surface area contributed by atoms with E-state index in [0.717, 1.165) is 0 Å². The van der Waals surface area contributed by atoms with Crippen LogP contribution in [-0.4, -0.2) is 32.2 Å². The molecule has 1 atom stereocenters. The van der Waals surface area contributed by atoms with Crippen LogP contribution >= 0.6 is 0 Å². The van der Waals surface area contributed by atoms with Crippen molar-refractivity contribution >= 4 is 17.6 Å². The molecule has 1 N–H and O–H groups in total. The number of methoxy groups -OCH3 is 2. The predicted molar refractivity (Wildman–Crippen MR) is 89.5 cm³/mol. The van der Waals surface area contributed by atoms with E-state index < -0.39 is 23.8 Å². The number of carbonyl (C=O) groups is 2. The largest absolute Gasteiger partial charge is 0.497 e. The van der Waals surface area contributed by atoms with Gasteiger partial charge in [0, 0.05) is 11.8 Å². The van der Waals surface area contributed by atoms with Gasteiger partial charge in [-0.2, -0.15) is 0 Å². The van der Waals surface area contributed by atoms with Crippen molar-refractivity contribution in [2.45, 2.75) is 13.0 Å². The van der Waals surface area contributed by atoms with Crippen LogP contribution in [0.25, 0.3) is 0 Å². The van der Waals surface area contributed by atoms with Crippen molar-refractivity contribution in [3.05, 3.63) is 53.8 Å². The number of hydrogen-bond acceptors (Lipinski definition) is 5. The maximum absolute atomic E-state index is 12.9. The Morgan fingerprint density at radius 3 is 2.08 bits per heavy atom. The molecule has 0 fully saturated rings. The molecular weight excluding hydrogens is 329 g/mol. The third-order valence-corrected chi connectivity index (χ3v) is 3.35. The summed E-state index contributed by atoms with van der Waals surface area (Å²) in [5.74, 6) is -0.789. The first-order valence-electron chi connectivity index (χ1n) is 7.43. The summed E-state index contributed by atoms with van der Waals surface area (Å²) in [5.41, 5.74) is 0.593. The van der Waals surface area contributed by atoms with Crippen LogP contribution in [0.2, 0.25) is 0 Å². The Labute approximate surface area is 144 Å². The van der Waals surface area contributed by atoms with Gasteiger partial charge in [-0.05, 0) is 43.3 Å². The quantitative estimate of drug-likeness (QED) is 0.813. The molecule has 1 amide bonds. The molecule has 6 nitrogen and oxygen atoms in total. The van der Waals surface area contributed by atoms with E-state index >= 15 is 0 Å². The molecule has 0 heterocycles. The minimum Gasteiger partial charge on any atom is -0.497 e. The summed E-state index contributed by atoms with van der Waals surface area (Å²) in [4.78, 5) is 24.3. The molecule has 0 aliphatic heterocycles. The maximum Gasteiger partial charge on any atom is 0.339 e. The highest BCUT2D eigenvalue weighted by atomic mass is 19.1. The molecule has 0 bridgehead atoms. The number of ether oxygens (including phenoxy) is 3. The Morgan fingerprint density at radius 2 is 1.56 bits per heavy atom. The Bertz CT molecular complexity index is 738. The molecule has 0 unspecified atom stereocenters. The van der Waals surface area contributed by atoms with Gasteiger partial charge in [0.15, 0.2) is 6.10 Å². The van der Waals surface area contributed by atoms with Gasteiger partial charge in [-0.1, -0.05) is 0 Å². The van der Waals surface area contributed by atoms with Gasteiger partial charge < -0.3 is 19.5 Å². The number of amides is 1. The van der Waals surface area contributed by atoms with Crippen LogP contribution in [0.1, 0.15) is 17.3 Å². The third-order valence-electron chi connectivity index (χ3n) is 3.35. The molecule has 0 aliphatic rings. The van der Waals surface area contributed by atoms with Crippen LogP contribution in [0, 0.1) is 5.82 Å². The Hall–Kier alpha value is -3.09. The second-order valence-corrected chi connectivity index (χ2v) is 5.15. The van der Waals surface area contributed by atoms with Gasteiger partial charge in [-0.3, -0.25) is 4.79 Å². The average Bonchev–Trinajstić information content (AvgIpc) is 2.62. The standard InChI is InChI=1S/C18H18FNO5/c1-11(17(21)20-14-6-4-13(19)5-7-14)25-18(22)12-8-15(23-2)10-16(9-12)24-3/h4-11H,1-3H3,(H,20,21)/t11-/m1/s1. The molecule has 0 aromatic heterocycles. The minimum atomic E-state index is -1.05. The van der Waals surface area contributed by atoms with E-state index in [1.54, 1.807) is 6.07 Å². The molecule has 0 spiro atoms. The van der Waals surface area contributed by atoms with Crippen molar-refractivity contribution in [2.24, 2.45) is 0 Å². The molecule has 7 heteroatoms. The monoisotopic (exact) mass is 347 g/mol. The summed E-state index contributed by atoms with van der Waals surface area (Å²) in [5, 5.41) is 2.54. The average molecular weight is 347 g/mol. The fourth-order valence-corrected chi connectivity index (χ4v) is 1.98. The first-order valence-corrected chi connectivity index (χ1v) is 7.43. The molecule has 2 aromatic rings. The summed E-state index contributed by atoms with van der Waals surface area (Å²) in [6.45, 7) is 1.44. The van der Waals surface area contributed by atoms with Gasteiger partial charge in [0.2, 0.25) is 0 Å². The molecule has 0 saturated heterocycles. The second kappa shape index (κ2) is 8.14. The molecule has 0 aliphatic carbocycles. The third kappa shape index (κ3) is 4.94. The first kappa shape index (κ1) is 18.3. The Kier molecular flexibility index (Phi) is 5.94. The van der Waals surface area contributed by atoms with E-state index in [-0.39, 0.29) is 5.56 Å². The van der Waals surface area contributed by atoms with E-state index in [1.165, 1.54) is 57.5 Å². The van der Waals surface area contributed by atoms with Crippen molar-refractivity contribution in [3.63, 3.8) is 0 Å². The van der Waals surface area contributed by atoms with Crippen LogP contribution in [0.5, 0.6) is 11.5 Å². The van der Waals surface area contributed by atoms with Gasteiger partial charge >= 0.3 is 5.97 Å².